The Labute approximate surface area is 205 Å². The highest BCUT2D eigenvalue weighted by Gasteiger charge is 2.30. The molecule has 3 aromatic heterocycles. The number of fused-ring (bicyclic) bond motifs is 2. The minimum Gasteiger partial charge on any atom is -0.354 e. The molecule has 0 radical (unpaired) electrons. The number of carbonyl (C=O) groups is 1. The molecule has 4 aromatic rings. The molecule has 1 aliphatic carbocycles. The summed E-state index contributed by atoms with van der Waals surface area (Å²) in [4.78, 5) is 29.9. The van der Waals surface area contributed by atoms with Crippen LogP contribution in [0.3, 0.4) is 0 Å². The Bertz CT molecular complexity index is 1440. The topological polar surface area (TPSA) is 90.0 Å². The van der Waals surface area contributed by atoms with Gasteiger partial charge in [0.05, 0.1) is 23.2 Å². The Morgan fingerprint density at radius 3 is 2.97 bits per heavy atom. The van der Waals surface area contributed by atoms with Crippen LogP contribution in [0, 0.1) is 18.4 Å². The second kappa shape index (κ2) is 9.11. The van der Waals surface area contributed by atoms with Crippen LogP contribution in [0.5, 0.6) is 0 Å². The van der Waals surface area contributed by atoms with Gasteiger partial charge in [-0.05, 0) is 78.5 Å². The number of rotatable bonds is 5. The van der Waals surface area contributed by atoms with E-state index in [0.29, 0.717) is 27.4 Å². The van der Waals surface area contributed by atoms with E-state index in [9.17, 15) is 4.79 Å². The van der Waals surface area contributed by atoms with Crippen LogP contribution < -0.4 is 5.32 Å². The summed E-state index contributed by atoms with van der Waals surface area (Å²) >= 11 is 3.53. The first-order chi connectivity index (χ1) is 16.4. The van der Waals surface area contributed by atoms with Crippen molar-refractivity contribution in [2.45, 2.75) is 45.6 Å². The monoisotopic (exact) mass is 517 g/mol. The fraction of sp³-hybridized carbons (Fsp3) is 0.360. The fourth-order valence-corrected chi connectivity index (χ4v) is 5.15. The highest BCUT2D eigenvalue weighted by molar-refractivity contribution is 9.10. The van der Waals surface area contributed by atoms with Crippen LogP contribution in [0.25, 0.3) is 32.5 Å². The summed E-state index contributed by atoms with van der Waals surface area (Å²) in [7, 11) is 0. The minimum atomic E-state index is 0.0639. The van der Waals surface area contributed by atoms with Crippen molar-refractivity contribution in [3.05, 3.63) is 58.5 Å². The van der Waals surface area contributed by atoms with Gasteiger partial charge in [-0.2, -0.15) is 5.10 Å². The lowest BCUT2D eigenvalue weighted by atomic mass is 10.0. The highest BCUT2D eigenvalue weighted by Crippen LogP contribution is 2.34. The molecule has 0 unspecified atom stereocenters. The zero-order valence-corrected chi connectivity index (χ0v) is 20.6. The third kappa shape index (κ3) is 4.26. The molecular weight excluding hydrogens is 494 g/mol. The lowest BCUT2D eigenvalue weighted by Gasteiger charge is -2.14. The van der Waals surface area contributed by atoms with Crippen molar-refractivity contribution >= 4 is 49.5 Å². The van der Waals surface area contributed by atoms with Gasteiger partial charge in [0.25, 0.3) is 0 Å². The number of hydrogen-bond donors (Lipinski definition) is 1. The maximum Gasteiger partial charge on any atom is 0.223 e. The number of halogens is 1. The van der Waals surface area contributed by atoms with E-state index in [2.05, 4.69) is 41.2 Å². The number of aromatic nitrogens is 5. The Kier molecular flexibility index (Phi) is 6.00. The number of hydrogen-bond acceptors (Lipinski definition) is 5. The van der Waals surface area contributed by atoms with Gasteiger partial charge in [-0.1, -0.05) is 6.07 Å². The summed E-state index contributed by atoms with van der Waals surface area (Å²) in [6.07, 6.45) is 6.96. The van der Waals surface area contributed by atoms with Crippen molar-refractivity contribution in [2.75, 3.05) is 0 Å². The summed E-state index contributed by atoms with van der Waals surface area (Å²) in [6, 6.07) is 7.70. The summed E-state index contributed by atoms with van der Waals surface area (Å²) in [5.41, 5.74) is 2.57. The Morgan fingerprint density at radius 1 is 1.32 bits per heavy atom. The van der Waals surface area contributed by atoms with E-state index in [1.165, 1.54) is 0 Å². The molecule has 172 valence electrons. The maximum atomic E-state index is 12.4. The normalized spacial score (nSPS) is 18.0. The van der Waals surface area contributed by atoms with E-state index in [-0.39, 0.29) is 17.9 Å². The summed E-state index contributed by atoms with van der Waals surface area (Å²) < 4.78 is 2.40. The van der Waals surface area contributed by atoms with Crippen molar-refractivity contribution in [3.63, 3.8) is 0 Å². The average Bonchev–Trinajstić information content (AvgIpc) is 3.42. The molecule has 0 aliphatic heterocycles. The lowest BCUT2D eigenvalue weighted by Crippen LogP contribution is -2.34. The molecule has 5 rings (SSSR count). The van der Waals surface area contributed by atoms with Gasteiger partial charge in [0.2, 0.25) is 11.6 Å². The number of pyridine rings is 1. The molecule has 0 spiro atoms. The molecule has 1 fully saturated rings. The van der Waals surface area contributed by atoms with Crippen LogP contribution in [0.2, 0.25) is 0 Å². The Morgan fingerprint density at radius 2 is 2.18 bits per heavy atom. The molecular formula is C25H24BrN7O. The summed E-state index contributed by atoms with van der Waals surface area (Å²) in [5.74, 6) is 1.33. The molecule has 8 nitrogen and oxygen atoms in total. The first-order valence-corrected chi connectivity index (χ1v) is 12.2. The third-order valence-corrected chi connectivity index (χ3v) is 6.86. The Balaban J connectivity index is 1.46. The van der Waals surface area contributed by atoms with E-state index in [4.69, 9.17) is 11.6 Å². The molecule has 3 heterocycles. The van der Waals surface area contributed by atoms with Gasteiger partial charge < -0.3 is 5.32 Å². The van der Waals surface area contributed by atoms with Crippen molar-refractivity contribution in [1.29, 1.82) is 0 Å². The van der Waals surface area contributed by atoms with E-state index < -0.39 is 0 Å². The third-order valence-electron chi connectivity index (χ3n) is 6.28. The van der Waals surface area contributed by atoms with Gasteiger partial charge in [-0.15, -0.1) is 0 Å². The van der Waals surface area contributed by atoms with Gasteiger partial charge in [-0.3, -0.25) is 9.78 Å². The van der Waals surface area contributed by atoms with E-state index in [0.717, 1.165) is 48.0 Å². The van der Waals surface area contributed by atoms with Crippen LogP contribution in [-0.4, -0.2) is 36.7 Å². The molecule has 1 N–H and O–H groups in total. The standard InChI is InChI=1S/C25H24BrN7O/c1-14(2)30-25(34)17-7-6-15(9-17)10-21-29-13-19-23(26)32-33(24(19)31-21)18-11-16-5-4-8-28-22(16)20(12-18)27-3/h4-5,8,11-15,17H,6-7,9-10H2,1-2H3,(H,30,34)/t15-,17-/m1/s1. The molecule has 1 aliphatic rings. The van der Waals surface area contributed by atoms with Crippen molar-refractivity contribution < 1.29 is 4.79 Å². The van der Waals surface area contributed by atoms with Gasteiger partial charge >= 0.3 is 0 Å². The number of amides is 1. The zero-order chi connectivity index (χ0) is 23.8. The molecule has 34 heavy (non-hydrogen) atoms. The largest absolute Gasteiger partial charge is 0.354 e. The van der Waals surface area contributed by atoms with Crippen molar-refractivity contribution in [1.82, 2.24) is 30.0 Å². The SMILES string of the molecule is [C-]#[N+]c1cc(-n2nc(Br)c3cnc(C[C@@H]4CC[C@@H](C(=O)NC(C)C)C4)nc32)cc2cccnc12. The predicted octanol–water partition coefficient (Wildman–Crippen LogP) is 5.16. The number of nitrogens with zero attached hydrogens (tertiary/aromatic N) is 6. The number of nitrogens with one attached hydrogen (secondary N) is 1. The number of benzene rings is 1. The van der Waals surface area contributed by atoms with Crippen LogP contribution >= 0.6 is 15.9 Å². The molecule has 2 atom stereocenters. The van der Waals surface area contributed by atoms with Gasteiger partial charge in [0.1, 0.15) is 10.4 Å². The minimum absolute atomic E-state index is 0.0639. The van der Waals surface area contributed by atoms with Crippen molar-refractivity contribution in [3.8, 4) is 5.69 Å². The first kappa shape index (κ1) is 22.4. The molecule has 1 amide bonds. The quantitative estimate of drug-likeness (QED) is 0.369. The Hall–Kier alpha value is -3.38. The van der Waals surface area contributed by atoms with E-state index in [1.807, 2.05) is 32.0 Å². The molecule has 0 saturated heterocycles. The average molecular weight is 518 g/mol. The molecule has 9 heteroatoms. The van der Waals surface area contributed by atoms with Crippen LogP contribution in [-0.2, 0) is 11.2 Å². The van der Waals surface area contributed by atoms with Gasteiger partial charge in [0, 0.05) is 30.8 Å². The van der Waals surface area contributed by atoms with Crippen LogP contribution in [0.4, 0.5) is 5.69 Å². The number of carbonyl (C=O) groups excluding carboxylic acids is 1. The molecule has 1 aromatic carbocycles. The second-order valence-corrected chi connectivity index (χ2v) is 9.87. The van der Waals surface area contributed by atoms with Crippen LogP contribution in [0.1, 0.15) is 38.9 Å². The molecule has 1 saturated carbocycles. The fourth-order valence-electron chi connectivity index (χ4n) is 4.71. The lowest BCUT2D eigenvalue weighted by molar-refractivity contribution is -0.125. The zero-order valence-electron chi connectivity index (χ0n) is 19.0. The van der Waals surface area contributed by atoms with Gasteiger partial charge in [-0.25, -0.2) is 19.5 Å². The second-order valence-electron chi connectivity index (χ2n) is 9.12. The first-order valence-electron chi connectivity index (χ1n) is 11.4. The van der Waals surface area contributed by atoms with E-state index in [1.54, 1.807) is 23.1 Å². The predicted molar refractivity (Wildman–Crippen MR) is 134 cm³/mol. The highest BCUT2D eigenvalue weighted by atomic mass is 79.9. The summed E-state index contributed by atoms with van der Waals surface area (Å²) in [5, 5.41) is 9.34. The van der Waals surface area contributed by atoms with Gasteiger partial charge in [0.15, 0.2) is 5.65 Å². The summed E-state index contributed by atoms with van der Waals surface area (Å²) in [6.45, 7) is 11.6. The molecule has 0 bridgehead atoms. The smallest absolute Gasteiger partial charge is 0.223 e. The van der Waals surface area contributed by atoms with Crippen molar-refractivity contribution in [2.24, 2.45) is 11.8 Å². The van der Waals surface area contributed by atoms with E-state index >= 15 is 0 Å². The maximum absolute atomic E-state index is 12.4. The van der Waals surface area contributed by atoms with Crippen LogP contribution in [0.15, 0.2) is 41.3 Å².